The summed E-state index contributed by atoms with van der Waals surface area (Å²) in [6, 6.07) is 6.40. The molecule has 5 heteroatoms. The van der Waals surface area contributed by atoms with Gasteiger partial charge in [-0.1, -0.05) is 6.08 Å². The van der Waals surface area contributed by atoms with Crippen molar-refractivity contribution in [1.29, 1.82) is 5.26 Å². The summed E-state index contributed by atoms with van der Waals surface area (Å²) < 4.78 is 0. The SMILES string of the molecule is C=CCC(C)Nc1ccc([N+](=O)[O-])c(C#N)c1. The minimum absolute atomic E-state index is 0.0609. The summed E-state index contributed by atoms with van der Waals surface area (Å²) in [6.07, 6.45) is 2.56. The van der Waals surface area contributed by atoms with Crippen molar-refractivity contribution in [2.45, 2.75) is 19.4 Å². The van der Waals surface area contributed by atoms with Gasteiger partial charge >= 0.3 is 0 Å². The lowest BCUT2D eigenvalue weighted by atomic mass is 10.1. The molecule has 0 aliphatic rings. The Kier molecular flexibility index (Phi) is 4.23. The van der Waals surface area contributed by atoms with Gasteiger partial charge in [-0.2, -0.15) is 5.26 Å². The molecule has 0 aromatic heterocycles. The first-order valence-electron chi connectivity index (χ1n) is 5.14. The van der Waals surface area contributed by atoms with Crippen LogP contribution >= 0.6 is 0 Å². The van der Waals surface area contributed by atoms with E-state index >= 15 is 0 Å². The van der Waals surface area contributed by atoms with Crippen molar-refractivity contribution in [1.82, 2.24) is 0 Å². The van der Waals surface area contributed by atoms with Crippen molar-refractivity contribution in [2.24, 2.45) is 0 Å². The van der Waals surface area contributed by atoms with Crippen molar-refractivity contribution in [2.75, 3.05) is 5.32 Å². The Morgan fingerprint density at radius 1 is 1.71 bits per heavy atom. The molecule has 0 saturated carbocycles. The smallest absolute Gasteiger partial charge is 0.287 e. The van der Waals surface area contributed by atoms with Crippen molar-refractivity contribution in [3.8, 4) is 6.07 Å². The van der Waals surface area contributed by atoms with Crippen LogP contribution in [-0.4, -0.2) is 11.0 Å². The number of hydrogen-bond acceptors (Lipinski definition) is 4. The molecule has 0 aliphatic heterocycles. The van der Waals surface area contributed by atoms with E-state index in [9.17, 15) is 10.1 Å². The van der Waals surface area contributed by atoms with Crippen LogP contribution in [0.1, 0.15) is 18.9 Å². The normalized spacial score (nSPS) is 11.3. The lowest BCUT2D eigenvalue weighted by molar-refractivity contribution is -0.385. The van der Waals surface area contributed by atoms with Crippen LogP contribution in [0.3, 0.4) is 0 Å². The van der Waals surface area contributed by atoms with E-state index in [0.717, 1.165) is 6.42 Å². The molecular weight excluding hydrogens is 218 g/mol. The number of nitro benzene ring substituents is 1. The monoisotopic (exact) mass is 231 g/mol. The minimum Gasteiger partial charge on any atom is -0.382 e. The van der Waals surface area contributed by atoms with Gasteiger partial charge in [0.25, 0.3) is 5.69 Å². The highest BCUT2D eigenvalue weighted by Gasteiger charge is 2.13. The van der Waals surface area contributed by atoms with E-state index in [1.807, 2.05) is 13.0 Å². The molecule has 88 valence electrons. The zero-order valence-corrected chi connectivity index (χ0v) is 9.51. The number of rotatable bonds is 5. The average Bonchev–Trinajstić information content (AvgIpc) is 2.28. The van der Waals surface area contributed by atoms with Crippen LogP contribution in [0, 0.1) is 21.4 Å². The first-order valence-corrected chi connectivity index (χ1v) is 5.14. The number of nitrogens with zero attached hydrogens (tertiary/aromatic N) is 2. The molecule has 1 atom stereocenters. The Bertz CT molecular complexity index is 477. The molecule has 0 spiro atoms. The van der Waals surface area contributed by atoms with Crippen molar-refractivity contribution in [3.63, 3.8) is 0 Å². The lowest BCUT2D eigenvalue weighted by Crippen LogP contribution is -2.13. The molecule has 0 radical (unpaired) electrons. The molecular formula is C12H13N3O2. The molecule has 1 aromatic carbocycles. The third-order valence-corrected chi connectivity index (χ3v) is 2.25. The van der Waals surface area contributed by atoms with Gasteiger partial charge in [-0.3, -0.25) is 10.1 Å². The van der Waals surface area contributed by atoms with Gasteiger partial charge in [0.2, 0.25) is 0 Å². The molecule has 1 unspecified atom stereocenters. The fourth-order valence-corrected chi connectivity index (χ4v) is 1.47. The maximum absolute atomic E-state index is 10.6. The van der Waals surface area contributed by atoms with Crippen LogP contribution in [0.4, 0.5) is 11.4 Å². The molecule has 0 bridgehead atoms. The molecule has 0 amide bonds. The third kappa shape index (κ3) is 3.31. The van der Waals surface area contributed by atoms with Crippen LogP contribution in [0.2, 0.25) is 0 Å². The van der Waals surface area contributed by atoms with E-state index in [2.05, 4.69) is 11.9 Å². The molecule has 17 heavy (non-hydrogen) atoms. The summed E-state index contributed by atoms with van der Waals surface area (Å²) in [7, 11) is 0. The lowest BCUT2D eigenvalue weighted by Gasteiger charge is -2.13. The van der Waals surface area contributed by atoms with Gasteiger partial charge in [0, 0.05) is 17.8 Å². The Balaban J connectivity index is 2.94. The molecule has 1 rings (SSSR count). The maximum Gasteiger partial charge on any atom is 0.287 e. The van der Waals surface area contributed by atoms with Gasteiger partial charge in [-0.25, -0.2) is 0 Å². The predicted molar refractivity (Wildman–Crippen MR) is 65.7 cm³/mol. The maximum atomic E-state index is 10.6. The molecule has 0 aliphatic carbocycles. The molecule has 5 nitrogen and oxygen atoms in total. The van der Waals surface area contributed by atoms with E-state index in [0.29, 0.717) is 5.69 Å². The molecule has 0 saturated heterocycles. The zero-order valence-electron chi connectivity index (χ0n) is 9.51. The average molecular weight is 231 g/mol. The van der Waals surface area contributed by atoms with E-state index in [1.54, 1.807) is 12.1 Å². The van der Waals surface area contributed by atoms with Gasteiger partial charge in [-0.05, 0) is 25.5 Å². The Labute approximate surface area is 99.5 Å². The first-order chi connectivity index (χ1) is 8.08. The van der Waals surface area contributed by atoms with Crippen molar-refractivity contribution >= 4 is 11.4 Å². The summed E-state index contributed by atoms with van der Waals surface area (Å²) in [5.41, 5.74) is 0.585. The summed E-state index contributed by atoms with van der Waals surface area (Å²) in [4.78, 5) is 10.1. The molecule has 0 heterocycles. The van der Waals surface area contributed by atoms with Gasteiger partial charge in [0.15, 0.2) is 0 Å². The number of hydrogen-bond donors (Lipinski definition) is 1. The van der Waals surface area contributed by atoms with Gasteiger partial charge in [0.1, 0.15) is 11.6 Å². The van der Waals surface area contributed by atoms with Crippen LogP contribution in [0.25, 0.3) is 0 Å². The van der Waals surface area contributed by atoms with Crippen molar-refractivity contribution < 1.29 is 4.92 Å². The van der Waals surface area contributed by atoms with Gasteiger partial charge < -0.3 is 5.32 Å². The largest absolute Gasteiger partial charge is 0.382 e. The predicted octanol–water partition coefficient (Wildman–Crippen LogP) is 2.84. The second kappa shape index (κ2) is 5.66. The Morgan fingerprint density at radius 2 is 2.41 bits per heavy atom. The number of anilines is 1. The molecule has 0 fully saturated rings. The summed E-state index contributed by atoms with van der Waals surface area (Å²) in [5, 5.41) is 22.6. The topological polar surface area (TPSA) is 79.0 Å². The Morgan fingerprint density at radius 3 is 2.94 bits per heavy atom. The summed E-state index contributed by atoms with van der Waals surface area (Å²) in [6.45, 7) is 5.60. The second-order valence-corrected chi connectivity index (χ2v) is 3.67. The van der Waals surface area contributed by atoms with Crippen molar-refractivity contribution in [3.05, 3.63) is 46.5 Å². The summed E-state index contributed by atoms with van der Waals surface area (Å²) in [5.74, 6) is 0. The minimum atomic E-state index is -0.560. The Hall–Kier alpha value is -2.35. The number of nitrogens with one attached hydrogen (secondary N) is 1. The quantitative estimate of drug-likeness (QED) is 0.480. The highest BCUT2D eigenvalue weighted by atomic mass is 16.6. The third-order valence-electron chi connectivity index (χ3n) is 2.25. The highest BCUT2D eigenvalue weighted by molar-refractivity contribution is 5.58. The second-order valence-electron chi connectivity index (χ2n) is 3.67. The number of benzene rings is 1. The zero-order chi connectivity index (χ0) is 12.8. The van der Waals surface area contributed by atoms with E-state index in [1.165, 1.54) is 12.1 Å². The van der Waals surface area contributed by atoms with E-state index in [4.69, 9.17) is 5.26 Å². The van der Waals surface area contributed by atoms with Gasteiger partial charge in [0.05, 0.1) is 4.92 Å². The van der Waals surface area contributed by atoms with Crippen LogP contribution in [-0.2, 0) is 0 Å². The number of nitro groups is 1. The number of nitriles is 1. The standard InChI is InChI=1S/C12H13N3O2/c1-3-4-9(2)14-11-5-6-12(15(16)17)10(7-11)8-13/h3,5-7,9,14H,1,4H2,2H3. The summed E-state index contributed by atoms with van der Waals surface area (Å²) >= 11 is 0. The molecule has 1 aromatic rings. The van der Waals surface area contributed by atoms with E-state index in [-0.39, 0.29) is 17.3 Å². The van der Waals surface area contributed by atoms with Gasteiger partial charge in [-0.15, -0.1) is 6.58 Å². The van der Waals surface area contributed by atoms with Crippen LogP contribution in [0.15, 0.2) is 30.9 Å². The van der Waals surface area contributed by atoms with Crippen LogP contribution < -0.4 is 5.32 Å². The highest BCUT2D eigenvalue weighted by Crippen LogP contribution is 2.22. The van der Waals surface area contributed by atoms with Crippen LogP contribution in [0.5, 0.6) is 0 Å². The van der Waals surface area contributed by atoms with E-state index < -0.39 is 4.92 Å². The fourth-order valence-electron chi connectivity index (χ4n) is 1.47. The fraction of sp³-hybridized carbons (Fsp3) is 0.250. The molecule has 1 N–H and O–H groups in total. The first kappa shape index (κ1) is 12.7.